The number of aliphatic hydroxyl groups excluding tert-OH is 1. The number of benzene rings is 2. The van der Waals surface area contributed by atoms with Crippen molar-refractivity contribution in [2.24, 2.45) is 11.3 Å². The molecule has 0 bridgehead atoms. The van der Waals surface area contributed by atoms with Crippen molar-refractivity contribution in [3.05, 3.63) is 77.4 Å². The van der Waals surface area contributed by atoms with Crippen LogP contribution in [0.5, 0.6) is 5.75 Å². The second-order valence-corrected chi connectivity index (χ2v) is 42.1. The van der Waals surface area contributed by atoms with E-state index in [-0.39, 0.29) is 72.5 Å². The molecule has 2 aromatic carbocycles. The van der Waals surface area contributed by atoms with Crippen LogP contribution in [0.25, 0.3) is 0 Å². The summed E-state index contributed by atoms with van der Waals surface area (Å²) in [5.74, 6) is -0.565. The highest BCUT2D eigenvalue weighted by Gasteiger charge is 2.51. The number of amides is 2. The normalized spacial score (nSPS) is 18.2. The van der Waals surface area contributed by atoms with Gasteiger partial charge in [0.2, 0.25) is 0 Å². The predicted molar refractivity (Wildman–Crippen MR) is 335 cm³/mol. The highest BCUT2D eigenvalue weighted by molar-refractivity contribution is 6.75. The summed E-state index contributed by atoms with van der Waals surface area (Å²) in [6.07, 6.45) is -4.98. The van der Waals surface area contributed by atoms with Gasteiger partial charge < -0.3 is 51.5 Å². The number of rotatable bonds is 35. The van der Waals surface area contributed by atoms with Gasteiger partial charge in [0.25, 0.3) is 5.91 Å². The van der Waals surface area contributed by atoms with Crippen molar-refractivity contribution in [3.8, 4) is 5.75 Å². The zero-order chi connectivity index (χ0) is 63.1. The van der Waals surface area contributed by atoms with Crippen molar-refractivity contribution in [2.45, 2.75) is 238 Å². The Hall–Kier alpha value is -3.45. The molecule has 9 atom stereocenters. The van der Waals surface area contributed by atoms with Crippen molar-refractivity contribution < 1.29 is 70.7 Å². The van der Waals surface area contributed by atoms with Crippen LogP contribution in [0, 0.1) is 11.3 Å². The van der Waals surface area contributed by atoms with E-state index in [4.69, 9.17) is 46.4 Å². The van der Waals surface area contributed by atoms with Gasteiger partial charge in [-0.1, -0.05) is 132 Å². The fraction of sp³-hybridized carbons (Fsp3) is 0.719. The van der Waals surface area contributed by atoms with Crippen LogP contribution in [-0.2, 0) is 69.1 Å². The van der Waals surface area contributed by atoms with Gasteiger partial charge in [-0.3, -0.25) is 14.4 Å². The van der Waals surface area contributed by atoms with E-state index in [9.17, 15) is 19.5 Å². The van der Waals surface area contributed by atoms with Crippen LogP contribution < -0.4 is 4.74 Å². The Bertz CT molecular complexity index is 2380. The van der Waals surface area contributed by atoms with Gasteiger partial charge in [-0.2, -0.15) is 0 Å². The molecule has 0 spiro atoms. The summed E-state index contributed by atoms with van der Waals surface area (Å²) in [4.78, 5) is 59.5. The summed E-state index contributed by atoms with van der Waals surface area (Å²) in [5.41, 5.74) is 1.17. The molecule has 0 radical (unpaired) electrons. The molecule has 2 aromatic rings. The highest BCUT2D eigenvalue weighted by atomic mass is 28.4. The topological polar surface area (TPSA) is 184 Å². The molecule has 2 amide bonds. The summed E-state index contributed by atoms with van der Waals surface area (Å²) in [7, 11) is -1.47. The number of nitrogens with zero attached hydrogens (tertiary/aromatic N) is 1. The monoisotopic (exact) mass is 1220 g/mol. The third kappa shape index (κ3) is 21.1. The van der Waals surface area contributed by atoms with Crippen molar-refractivity contribution >= 4 is 48.5 Å². The minimum atomic E-state index is -2.82. The van der Waals surface area contributed by atoms with Crippen LogP contribution in [0.1, 0.15) is 133 Å². The molecule has 1 aliphatic heterocycles. The third-order valence-electron chi connectivity index (χ3n) is 18.1. The minimum absolute atomic E-state index is 0.00842. The smallest absolute Gasteiger partial charge is 0.417 e. The van der Waals surface area contributed by atoms with Gasteiger partial charge in [0.1, 0.15) is 31.0 Å². The summed E-state index contributed by atoms with van der Waals surface area (Å²) < 4.78 is 62.5. The Morgan fingerprint density at radius 1 is 0.723 bits per heavy atom. The molecule has 0 aliphatic carbocycles. The number of carbonyl (C=O) groups excluding carboxylic acids is 4. The molecule has 16 nitrogen and oxygen atoms in total. The van der Waals surface area contributed by atoms with E-state index in [0.29, 0.717) is 13.0 Å². The average molecular weight is 1220 g/mol. The molecule has 83 heavy (non-hydrogen) atoms. The summed E-state index contributed by atoms with van der Waals surface area (Å²) in [6, 6.07) is 16.5. The SMILES string of the molecule is CC[C@H](/C=C(\C)[C@H](CC(=O)C[C@H](O)C(C)(C)C(=O)[C@H](O[Si](C)(C)C(C)(C)C)[C@@H](C[C@H](C[C@@H](OC)[C@H](OCOC)C(=O)N1C(=O)OC[C@@H]1Cc1ccccc1)O[Si](C)(C)C(C)(C)C)OC)OCc1ccc(OC)cc1)CO[Si](C)(C)C(C)(C)C. The second-order valence-electron chi connectivity index (χ2n) is 27.8. The number of hydrogen-bond donors (Lipinski definition) is 1. The molecule has 0 saturated carbocycles. The number of ether oxygens (including phenoxy) is 7. The van der Waals surface area contributed by atoms with Crippen LogP contribution >= 0.6 is 0 Å². The second kappa shape index (κ2) is 31.5. The van der Waals surface area contributed by atoms with E-state index in [1.165, 1.54) is 21.3 Å². The number of ketones is 2. The fourth-order valence-corrected chi connectivity index (χ4v) is 12.7. The first-order chi connectivity index (χ1) is 38.3. The first-order valence-electron chi connectivity index (χ1n) is 29.7. The van der Waals surface area contributed by atoms with Crippen LogP contribution in [0.4, 0.5) is 4.79 Å². The lowest BCUT2D eigenvalue weighted by Crippen LogP contribution is -2.56. The standard InChI is InChI=1S/C64H109NO15Si3/c1-24-45(41-78-81(18,19)61(3,4)5)34-44(2)52(75-40-47-30-32-50(72-15)33-31-47)36-49(66)37-55(67)64(12,13)58(68)56(80-83(22,23)63(9,10)11)53(73-16)38-51(79-82(20,21)62(6,7)8)39-54(74-17)57(77-43-71-14)59(69)65-48(42-76-60(65)70)35-46-28-26-25-27-29-46/h25-34,45,48,51-57,67H,24,35-43H2,1-23H3/b44-34+/t45-,48+,51-,52+,53-,54-,55+,56-,57+/m1/s1. The van der Waals surface area contributed by atoms with Gasteiger partial charge in [0.05, 0.1) is 55.7 Å². The molecular weight excluding hydrogens is 1110 g/mol. The van der Waals surface area contributed by atoms with E-state index < -0.39 is 96.9 Å². The molecule has 0 aromatic heterocycles. The maximum Gasteiger partial charge on any atom is 0.417 e. The van der Waals surface area contributed by atoms with Crippen molar-refractivity contribution in [3.63, 3.8) is 0 Å². The number of methoxy groups -OCH3 is 4. The third-order valence-corrected chi connectivity index (χ3v) is 31.5. The first-order valence-corrected chi connectivity index (χ1v) is 38.4. The summed E-state index contributed by atoms with van der Waals surface area (Å²) in [6.45, 7) is 40.0. The lowest BCUT2D eigenvalue weighted by molar-refractivity contribution is -0.167. The van der Waals surface area contributed by atoms with E-state index >= 15 is 4.79 Å². The molecule has 1 saturated heterocycles. The lowest BCUT2D eigenvalue weighted by Gasteiger charge is -2.45. The number of Topliss-reactive ketones (excluding diaryl/α,β-unsaturated/α-hetero) is 2. The van der Waals surface area contributed by atoms with Crippen molar-refractivity contribution in [1.29, 1.82) is 0 Å². The Kier molecular flexibility index (Phi) is 28.0. The molecule has 19 heteroatoms. The van der Waals surface area contributed by atoms with E-state index in [1.807, 2.05) is 61.5 Å². The molecule has 1 aliphatic rings. The molecule has 1 fully saturated rings. The fourth-order valence-electron chi connectivity index (χ4n) is 9.02. The minimum Gasteiger partial charge on any atom is -0.497 e. The van der Waals surface area contributed by atoms with Crippen LogP contribution in [0.2, 0.25) is 54.4 Å². The van der Waals surface area contributed by atoms with Gasteiger partial charge in [-0.25, -0.2) is 9.69 Å². The maximum absolute atomic E-state index is 15.6. The molecule has 472 valence electrons. The Balaban J connectivity index is 2.08. The van der Waals surface area contributed by atoms with E-state index in [2.05, 4.69) is 115 Å². The number of imide groups is 1. The largest absolute Gasteiger partial charge is 0.497 e. The van der Waals surface area contributed by atoms with Crippen LogP contribution in [-0.4, -0.2) is 156 Å². The van der Waals surface area contributed by atoms with Gasteiger partial charge in [-0.05, 0) is 109 Å². The summed E-state index contributed by atoms with van der Waals surface area (Å²) in [5, 5.41) is 11.7. The predicted octanol–water partition coefficient (Wildman–Crippen LogP) is 13.1. The number of carbonyl (C=O) groups is 4. The highest BCUT2D eigenvalue weighted by Crippen LogP contribution is 2.43. The Labute approximate surface area is 503 Å². The maximum atomic E-state index is 15.6. The molecule has 1 N–H and O–H groups in total. The van der Waals surface area contributed by atoms with Gasteiger partial charge >= 0.3 is 6.09 Å². The molecular formula is C64H109NO15Si3. The number of cyclic esters (lactones) is 1. The van der Waals surface area contributed by atoms with Gasteiger partial charge in [0, 0.05) is 53.6 Å². The average Bonchev–Trinajstić information content (AvgIpc) is 4.00. The zero-order valence-corrected chi connectivity index (χ0v) is 58.2. The van der Waals surface area contributed by atoms with E-state index in [0.717, 1.165) is 33.8 Å². The quantitative estimate of drug-likeness (QED) is 0.0390. The molecule has 0 unspecified atom stereocenters. The van der Waals surface area contributed by atoms with E-state index in [1.54, 1.807) is 21.0 Å². The van der Waals surface area contributed by atoms with Crippen LogP contribution in [0.3, 0.4) is 0 Å². The van der Waals surface area contributed by atoms with Gasteiger partial charge in [-0.15, -0.1) is 0 Å². The summed E-state index contributed by atoms with van der Waals surface area (Å²) >= 11 is 0. The van der Waals surface area contributed by atoms with Crippen molar-refractivity contribution in [2.75, 3.05) is 48.4 Å². The van der Waals surface area contributed by atoms with Gasteiger partial charge in [0.15, 0.2) is 36.8 Å². The number of aliphatic hydroxyl groups is 1. The zero-order valence-electron chi connectivity index (χ0n) is 55.2. The van der Waals surface area contributed by atoms with Crippen LogP contribution in [0.15, 0.2) is 66.2 Å². The molecule has 3 rings (SSSR count). The lowest BCUT2D eigenvalue weighted by atomic mass is 9.76. The Morgan fingerprint density at radius 2 is 1.27 bits per heavy atom. The van der Waals surface area contributed by atoms with Crippen molar-refractivity contribution in [1.82, 2.24) is 4.90 Å². The molecule has 1 heterocycles. The first kappa shape index (κ1) is 73.8. The number of hydrogen-bond acceptors (Lipinski definition) is 15. The Morgan fingerprint density at radius 3 is 1.77 bits per heavy atom.